The van der Waals surface area contributed by atoms with Gasteiger partial charge in [0.15, 0.2) is 0 Å². The lowest BCUT2D eigenvalue weighted by atomic mass is 10.4. The van der Waals surface area contributed by atoms with Gasteiger partial charge in [-0.2, -0.15) is 0 Å². The van der Waals surface area contributed by atoms with E-state index in [-0.39, 0.29) is 18.4 Å². The fraction of sp³-hybridized carbons (Fsp3) is 0.167. The number of carbonyl (C=O) groups is 2. The van der Waals surface area contributed by atoms with Gasteiger partial charge >= 0.3 is 0 Å². The van der Waals surface area contributed by atoms with Gasteiger partial charge < -0.3 is 5.32 Å². The SMILES string of the molecule is O=C1/C=C\CNC(=O)CN=C/C=C\C=C/C=N1. The number of hydrogen-bond donors (Lipinski definition) is 1. The number of nitrogens with zero attached hydrogens (tertiary/aromatic N) is 2. The van der Waals surface area contributed by atoms with Crippen molar-refractivity contribution in [3.05, 3.63) is 36.5 Å². The molecule has 0 fully saturated rings. The van der Waals surface area contributed by atoms with Crippen molar-refractivity contribution in [2.75, 3.05) is 13.1 Å². The molecule has 0 saturated carbocycles. The van der Waals surface area contributed by atoms with Crippen LogP contribution in [0.1, 0.15) is 0 Å². The summed E-state index contributed by atoms with van der Waals surface area (Å²) >= 11 is 0. The molecule has 1 N–H and O–H groups in total. The number of hydrogen-bond acceptors (Lipinski definition) is 3. The molecule has 1 aliphatic heterocycles. The lowest BCUT2D eigenvalue weighted by molar-refractivity contribution is -0.119. The Kier molecular flexibility index (Phi) is 5.95. The first-order chi connectivity index (χ1) is 8.29. The van der Waals surface area contributed by atoms with Crippen LogP contribution in [0, 0.1) is 0 Å². The van der Waals surface area contributed by atoms with Crippen molar-refractivity contribution in [2.45, 2.75) is 0 Å². The summed E-state index contributed by atoms with van der Waals surface area (Å²) in [5, 5.41) is 2.59. The number of nitrogens with one attached hydrogen (secondary N) is 1. The summed E-state index contributed by atoms with van der Waals surface area (Å²) in [6.45, 7) is 0.369. The zero-order chi connectivity index (χ0) is 12.3. The molecule has 0 aromatic carbocycles. The second-order valence-electron chi connectivity index (χ2n) is 3.08. The highest BCUT2D eigenvalue weighted by molar-refractivity contribution is 5.95. The Labute approximate surface area is 99.3 Å². The predicted molar refractivity (Wildman–Crippen MR) is 67.3 cm³/mol. The third-order valence-corrected chi connectivity index (χ3v) is 1.73. The first-order valence-corrected chi connectivity index (χ1v) is 5.12. The van der Waals surface area contributed by atoms with E-state index in [1.807, 2.05) is 0 Å². The minimum absolute atomic E-state index is 0.0757. The summed E-state index contributed by atoms with van der Waals surface area (Å²) < 4.78 is 0. The van der Waals surface area contributed by atoms with Crippen LogP contribution in [-0.2, 0) is 9.59 Å². The molecule has 0 spiro atoms. The van der Waals surface area contributed by atoms with Crippen molar-refractivity contribution in [2.24, 2.45) is 9.98 Å². The minimum Gasteiger partial charge on any atom is -0.351 e. The van der Waals surface area contributed by atoms with Crippen LogP contribution in [0.15, 0.2) is 46.4 Å². The predicted octanol–water partition coefficient (Wildman–Crippen LogP) is 0.453. The van der Waals surface area contributed by atoms with Gasteiger partial charge in [-0.25, -0.2) is 4.99 Å². The highest BCUT2D eigenvalue weighted by Crippen LogP contribution is 1.82. The Hall–Kier alpha value is -2.30. The van der Waals surface area contributed by atoms with Gasteiger partial charge in [0.2, 0.25) is 5.91 Å². The minimum atomic E-state index is -0.362. The van der Waals surface area contributed by atoms with Crippen LogP contribution >= 0.6 is 0 Å². The van der Waals surface area contributed by atoms with E-state index in [4.69, 9.17) is 0 Å². The van der Waals surface area contributed by atoms with Crippen molar-refractivity contribution in [1.82, 2.24) is 5.32 Å². The Balaban J connectivity index is 2.67. The van der Waals surface area contributed by atoms with Crippen LogP contribution in [0.3, 0.4) is 0 Å². The highest BCUT2D eigenvalue weighted by atomic mass is 16.2. The first-order valence-electron chi connectivity index (χ1n) is 5.12. The quantitative estimate of drug-likeness (QED) is 0.657. The number of aliphatic imine (C=N–C) groups is 2. The maximum absolute atomic E-state index is 11.2. The average molecular weight is 231 g/mol. The third-order valence-electron chi connectivity index (χ3n) is 1.73. The molecular formula is C12H13N3O2. The Morgan fingerprint density at radius 2 is 1.82 bits per heavy atom. The molecule has 0 atom stereocenters. The third kappa shape index (κ3) is 6.72. The Morgan fingerprint density at radius 3 is 2.65 bits per heavy atom. The van der Waals surface area contributed by atoms with Gasteiger partial charge in [-0.15, -0.1) is 0 Å². The van der Waals surface area contributed by atoms with Gasteiger partial charge in [0, 0.05) is 25.0 Å². The van der Waals surface area contributed by atoms with Crippen LogP contribution in [0.5, 0.6) is 0 Å². The molecule has 88 valence electrons. The first kappa shape index (κ1) is 12.8. The Bertz CT molecular complexity index is 417. The summed E-state index contributed by atoms with van der Waals surface area (Å²) in [5.41, 5.74) is 0. The van der Waals surface area contributed by atoms with Gasteiger partial charge in [-0.1, -0.05) is 18.2 Å². The van der Waals surface area contributed by atoms with Gasteiger partial charge in [-0.05, 0) is 12.2 Å². The molecule has 0 radical (unpaired) electrons. The van der Waals surface area contributed by atoms with E-state index >= 15 is 0 Å². The standard InChI is InChI=1S/C12H13N3O2/c16-11-6-5-9-15-12(17)10-13-7-3-1-2-4-8-14-11/h1-8H,9-10H2,(H,15,17)/b3-1-,4-2-,6-5-,13-7?,14-8?. The molecule has 0 aromatic heterocycles. The zero-order valence-corrected chi connectivity index (χ0v) is 9.24. The van der Waals surface area contributed by atoms with E-state index in [9.17, 15) is 9.59 Å². The molecule has 1 aliphatic rings. The summed E-state index contributed by atoms with van der Waals surface area (Å²) in [5.74, 6) is -0.556. The maximum Gasteiger partial charge on any atom is 0.269 e. The Morgan fingerprint density at radius 1 is 1.06 bits per heavy atom. The molecule has 0 saturated heterocycles. The number of allylic oxidation sites excluding steroid dienone is 4. The van der Waals surface area contributed by atoms with Gasteiger partial charge in [0.05, 0.1) is 0 Å². The van der Waals surface area contributed by atoms with E-state index in [1.54, 1.807) is 36.6 Å². The van der Waals surface area contributed by atoms with Crippen molar-refractivity contribution in [1.29, 1.82) is 0 Å². The summed E-state index contributed by atoms with van der Waals surface area (Å²) in [4.78, 5) is 29.9. The van der Waals surface area contributed by atoms with E-state index < -0.39 is 0 Å². The number of rotatable bonds is 0. The van der Waals surface area contributed by atoms with Crippen LogP contribution in [-0.4, -0.2) is 37.3 Å². The summed E-state index contributed by atoms with van der Waals surface area (Å²) in [6.07, 6.45) is 12.6. The van der Waals surface area contributed by atoms with E-state index in [2.05, 4.69) is 15.3 Å². The molecule has 1 heterocycles. The van der Waals surface area contributed by atoms with E-state index in [0.717, 1.165) is 0 Å². The molecular weight excluding hydrogens is 218 g/mol. The highest BCUT2D eigenvalue weighted by Gasteiger charge is 1.95. The van der Waals surface area contributed by atoms with E-state index in [0.29, 0.717) is 6.54 Å². The van der Waals surface area contributed by atoms with Gasteiger partial charge in [0.1, 0.15) is 6.54 Å². The van der Waals surface area contributed by atoms with Crippen LogP contribution in [0.4, 0.5) is 0 Å². The lowest BCUT2D eigenvalue weighted by Crippen LogP contribution is -2.25. The summed E-state index contributed by atoms with van der Waals surface area (Å²) in [6, 6.07) is 0. The van der Waals surface area contributed by atoms with E-state index in [1.165, 1.54) is 12.3 Å². The number of amides is 2. The molecule has 0 aliphatic carbocycles. The molecule has 5 heteroatoms. The normalized spacial score (nSPS) is 23.3. The monoisotopic (exact) mass is 231 g/mol. The molecule has 5 nitrogen and oxygen atoms in total. The lowest BCUT2D eigenvalue weighted by Gasteiger charge is -1.97. The molecule has 1 rings (SSSR count). The van der Waals surface area contributed by atoms with Gasteiger partial charge in [0.25, 0.3) is 5.91 Å². The van der Waals surface area contributed by atoms with Crippen LogP contribution in [0.2, 0.25) is 0 Å². The fourth-order valence-electron chi connectivity index (χ4n) is 0.972. The van der Waals surface area contributed by atoms with Gasteiger partial charge in [-0.3, -0.25) is 14.6 Å². The van der Waals surface area contributed by atoms with Crippen molar-refractivity contribution >= 4 is 24.2 Å². The average Bonchev–Trinajstić information content (AvgIpc) is 2.32. The maximum atomic E-state index is 11.2. The van der Waals surface area contributed by atoms with Crippen LogP contribution in [0.25, 0.3) is 0 Å². The molecule has 0 bridgehead atoms. The second-order valence-corrected chi connectivity index (χ2v) is 3.08. The molecule has 0 unspecified atom stereocenters. The molecule has 17 heavy (non-hydrogen) atoms. The zero-order valence-electron chi connectivity index (χ0n) is 9.24. The largest absolute Gasteiger partial charge is 0.351 e. The molecule has 2 amide bonds. The topological polar surface area (TPSA) is 70.9 Å². The van der Waals surface area contributed by atoms with Crippen LogP contribution < -0.4 is 5.32 Å². The number of carbonyl (C=O) groups excluding carboxylic acids is 2. The second kappa shape index (κ2) is 7.92. The van der Waals surface area contributed by atoms with Crippen molar-refractivity contribution in [3.8, 4) is 0 Å². The summed E-state index contributed by atoms with van der Waals surface area (Å²) in [7, 11) is 0. The van der Waals surface area contributed by atoms with Crippen molar-refractivity contribution < 1.29 is 9.59 Å². The fourth-order valence-corrected chi connectivity index (χ4v) is 0.972. The smallest absolute Gasteiger partial charge is 0.269 e. The molecule has 0 aromatic rings. The van der Waals surface area contributed by atoms with Crippen molar-refractivity contribution in [3.63, 3.8) is 0 Å².